The van der Waals surface area contributed by atoms with Gasteiger partial charge in [-0.1, -0.05) is 6.07 Å². The summed E-state index contributed by atoms with van der Waals surface area (Å²) < 4.78 is 16.0. The predicted octanol–water partition coefficient (Wildman–Crippen LogP) is 3.15. The molecule has 0 bridgehead atoms. The van der Waals surface area contributed by atoms with Crippen molar-refractivity contribution < 1.29 is 19.3 Å². The number of benzene rings is 2. The molecule has 0 amide bonds. The molecule has 0 saturated carbocycles. The molecule has 1 saturated heterocycles. The summed E-state index contributed by atoms with van der Waals surface area (Å²) in [6.45, 7) is 6.45. The molecule has 3 rings (SSSR count). The lowest BCUT2D eigenvalue weighted by molar-refractivity contribution is 0.181. The summed E-state index contributed by atoms with van der Waals surface area (Å²) in [5.74, 6) is 2.95. The third-order valence-corrected chi connectivity index (χ3v) is 5.54. The lowest BCUT2D eigenvalue weighted by Gasteiger charge is -2.37. The molecule has 0 aromatic heterocycles. The monoisotopic (exact) mass is 570 g/mol. The fraction of sp³-hybridized carbons (Fsp3) is 0.458. The second-order valence-electron chi connectivity index (χ2n) is 7.49. The van der Waals surface area contributed by atoms with Crippen LogP contribution in [0, 0.1) is 0 Å². The van der Waals surface area contributed by atoms with Crippen LogP contribution < -0.4 is 24.4 Å². The molecule has 1 unspecified atom stereocenters. The van der Waals surface area contributed by atoms with Crippen molar-refractivity contribution in [3.05, 3.63) is 48.0 Å². The summed E-state index contributed by atoms with van der Waals surface area (Å²) in [5.41, 5.74) is 1.82. The standard InChI is InChI=1S/C24H34N4O4.HI/c1-5-25-24(26-17-22(29)21-16-20(31-3)9-10-23(21)32-4)28-13-11-27(12-14-28)18-7-6-8-19(15-18)30-2;/h6-10,15-16,22,29H,5,11-14,17H2,1-4H3,(H,25,26);1H. The van der Waals surface area contributed by atoms with Crippen molar-refractivity contribution >= 4 is 35.6 Å². The number of guanidine groups is 1. The Morgan fingerprint density at radius 3 is 2.33 bits per heavy atom. The lowest BCUT2D eigenvalue weighted by Crippen LogP contribution is -2.52. The topological polar surface area (TPSA) is 78.8 Å². The van der Waals surface area contributed by atoms with E-state index in [2.05, 4.69) is 27.2 Å². The molecule has 2 N–H and O–H groups in total. The molecular formula is C24H35IN4O4. The predicted molar refractivity (Wildman–Crippen MR) is 143 cm³/mol. The highest BCUT2D eigenvalue weighted by Crippen LogP contribution is 2.29. The first kappa shape index (κ1) is 26.8. The molecule has 0 radical (unpaired) electrons. The number of aliphatic imine (C=N–C) groups is 1. The molecule has 2 aromatic rings. The number of halogens is 1. The van der Waals surface area contributed by atoms with Crippen molar-refractivity contribution in [2.24, 2.45) is 4.99 Å². The average molecular weight is 570 g/mol. The maximum absolute atomic E-state index is 10.8. The highest BCUT2D eigenvalue weighted by Gasteiger charge is 2.21. The lowest BCUT2D eigenvalue weighted by atomic mass is 10.1. The van der Waals surface area contributed by atoms with Crippen LogP contribution in [0.2, 0.25) is 0 Å². The van der Waals surface area contributed by atoms with Crippen LogP contribution in [-0.2, 0) is 0 Å². The van der Waals surface area contributed by atoms with Crippen molar-refractivity contribution in [1.29, 1.82) is 0 Å². The van der Waals surface area contributed by atoms with Gasteiger partial charge in [-0.15, -0.1) is 24.0 Å². The molecule has 1 heterocycles. The largest absolute Gasteiger partial charge is 0.497 e. The zero-order valence-corrected chi connectivity index (χ0v) is 22.1. The van der Waals surface area contributed by atoms with E-state index in [9.17, 15) is 5.11 Å². The molecular weight excluding hydrogens is 535 g/mol. The van der Waals surface area contributed by atoms with Gasteiger partial charge in [-0.3, -0.25) is 4.99 Å². The number of methoxy groups -OCH3 is 3. The van der Waals surface area contributed by atoms with Crippen LogP contribution in [0.3, 0.4) is 0 Å². The fourth-order valence-electron chi connectivity index (χ4n) is 3.78. The molecule has 1 atom stereocenters. The molecule has 182 valence electrons. The second kappa shape index (κ2) is 13.3. The number of hydrogen-bond acceptors (Lipinski definition) is 6. The van der Waals surface area contributed by atoms with E-state index in [1.165, 1.54) is 0 Å². The van der Waals surface area contributed by atoms with Gasteiger partial charge in [-0.05, 0) is 37.3 Å². The van der Waals surface area contributed by atoms with E-state index in [1.54, 1.807) is 33.5 Å². The number of ether oxygens (including phenoxy) is 3. The molecule has 2 aromatic carbocycles. The molecule has 33 heavy (non-hydrogen) atoms. The second-order valence-corrected chi connectivity index (χ2v) is 7.49. The number of piperazine rings is 1. The van der Waals surface area contributed by atoms with Crippen LogP contribution in [0.15, 0.2) is 47.5 Å². The zero-order valence-electron chi connectivity index (χ0n) is 19.8. The third-order valence-electron chi connectivity index (χ3n) is 5.54. The van der Waals surface area contributed by atoms with Gasteiger partial charge in [0, 0.05) is 50.0 Å². The first-order valence-electron chi connectivity index (χ1n) is 10.9. The summed E-state index contributed by atoms with van der Waals surface area (Å²) >= 11 is 0. The number of hydrogen-bond donors (Lipinski definition) is 2. The van der Waals surface area contributed by atoms with Crippen molar-refractivity contribution in [3.63, 3.8) is 0 Å². The number of aliphatic hydroxyl groups excluding tert-OH is 1. The quantitative estimate of drug-likeness (QED) is 0.287. The van der Waals surface area contributed by atoms with E-state index in [4.69, 9.17) is 19.2 Å². The van der Waals surface area contributed by atoms with E-state index < -0.39 is 6.10 Å². The van der Waals surface area contributed by atoms with E-state index in [0.717, 1.165) is 50.1 Å². The molecule has 9 heteroatoms. The van der Waals surface area contributed by atoms with Gasteiger partial charge < -0.3 is 34.4 Å². The summed E-state index contributed by atoms with van der Waals surface area (Å²) in [7, 11) is 4.88. The van der Waals surface area contributed by atoms with Crippen LogP contribution in [0.5, 0.6) is 17.2 Å². The summed E-state index contributed by atoms with van der Waals surface area (Å²) in [6.07, 6.45) is -0.799. The number of anilines is 1. The van der Waals surface area contributed by atoms with Gasteiger partial charge in [0.15, 0.2) is 5.96 Å². The molecule has 1 aliphatic rings. The zero-order chi connectivity index (χ0) is 22.9. The SMILES string of the molecule is CCNC(=NCC(O)c1cc(OC)ccc1OC)N1CCN(c2cccc(OC)c2)CC1.I. The van der Waals surface area contributed by atoms with Crippen LogP contribution in [-0.4, -0.2) is 76.6 Å². The van der Waals surface area contributed by atoms with E-state index in [0.29, 0.717) is 17.1 Å². The third kappa shape index (κ3) is 7.04. The number of aliphatic hydroxyl groups is 1. The van der Waals surface area contributed by atoms with Crippen LogP contribution >= 0.6 is 24.0 Å². The number of nitrogens with zero attached hydrogens (tertiary/aromatic N) is 3. The molecule has 0 spiro atoms. The van der Waals surface area contributed by atoms with Gasteiger partial charge in [0.2, 0.25) is 0 Å². The molecule has 8 nitrogen and oxygen atoms in total. The molecule has 0 aliphatic carbocycles. The maximum atomic E-state index is 10.8. The maximum Gasteiger partial charge on any atom is 0.194 e. The molecule has 1 fully saturated rings. The Bertz CT molecular complexity index is 904. The van der Waals surface area contributed by atoms with Crippen LogP contribution in [0.4, 0.5) is 5.69 Å². The van der Waals surface area contributed by atoms with Crippen molar-refractivity contribution in [2.75, 3.05) is 65.5 Å². The van der Waals surface area contributed by atoms with Crippen molar-refractivity contribution in [3.8, 4) is 17.2 Å². The van der Waals surface area contributed by atoms with Gasteiger partial charge >= 0.3 is 0 Å². The fourth-order valence-corrected chi connectivity index (χ4v) is 3.78. The number of rotatable bonds is 8. The summed E-state index contributed by atoms with van der Waals surface area (Å²) in [5, 5.41) is 14.2. The van der Waals surface area contributed by atoms with E-state index >= 15 is 0 Å². The Balaban J connectivity index is 0.00000385. The first-order valence-corrected chi connectivity index (χ1v) is 10.9. The highest BCUT2D eigenvalue weighted by atomic mass is 127. The number of nitrogens with one attached hydrogen (secondary N) is 1. The van der Waals surface area contributed by atoms with Crippen LogP contribution in [0.25, 0.3) is 0 Å². The van der Waals surface area contributed by atoms with Crippen molar-refractivity contribution in [1.82, 2.24) is 10.2 Å². The Hall–Kier alpha value is -2.40. The molecule has 1 aliphatic heterocycles. The summed E-state index contributed by atoms with van der Waals surface area (Å²) in [6, 6.07) is 13.5. The summed E-state index contributed by atoms with van der Waals surface area (Å²) in [4.78, 5) is 9.29. The van der Waals surface area contributed by atoms with E-state index in [1.807, 2.05) is 25.1 Å². The Morgan fingerprint density at radius 1 is 1.00 bits per heavy atom. The highest BCUT2D eigenvalue weighted by molar-refractivity contribution is 14.0. The van der Waals surface area contributed by atoms with Gasteiger partial charge in [0.25, 0.3) is 0 Å². The normalized spacial score (nSPS) is 14.9. The Morgan fingerprint density at radius 2 is 1.70 bits per heavy atom. The van der Waals surface area contributed by atoms with Gasteiger partial charge in [-0.25, -0.2) is 0 Å². The van der Waals surface area contributed by atoms with Crippen LogP contribution in [0.1, 0.15) is 18.6 Å². The van der Waals surface area contributed by atoms with Crippen molar-refractivity contribution in [2.45, 2.75) is 13.0 Å². The smallest absolute Gasteiger partial charge is 0.194 e. The minimum absolute atomic E-state index is 0. The first-order chi connectivity index (χ1) is 15.6. The minimum Gasteiger partial charge on any atom is -0.497 e. The van der Waals surface area contributed by atoms with Gasteiger partial charge in [0.1, 0.15) is 23.4 Å². The Kier molecular flexibility index (Phi) is 10.9. The van der Waals surface area contributed by atoms with E-state index in [-0.39, 0.29) is 30.5 Å². The average Bonchev–Trinajstić information content (AvgIpc) is 2.86. The van der Waals surface area contributed by atoms with Gasteiger partial charge in [-0.2, -0.15) is 0 Å². The minimum atomic E-state index is -0.799. The van der Waals surface area contributed by atoms with Gasteiger partial charge in [0.05, 0.1) is 27.9 Å². The Labute approximate surface area is 213 Å².